The Labute approximate surface area is 118 Å². The Morgan fingerprint density at radius 2 is 1.90 bits per heavy atom. The quantitative estimate of drug-likeness (QED) is 0.556. The van der Waals surface area contributed by atoms with Crippen LogP contribution >= 0.6 is 0 Å². The first-order valence-corrected chi connectivity index (χ1v) is 6.62. The van der Waals surface area contributed by atoms with Crippen LogP contribution in [0.4, 0.5) is 5.69 Å². The van der Waals surface area contributed by atoms with Crippen LogP contribution < -0.4 is 16.8 Å². The molecule has 108 valence electrons. The Morgan fingerprint density at radius 3 is 2.50 bits per heavy atom. The van der Waals surface area contributed by atoms with E-state index in [2.05, 4.69) is 10.3 Å². The van der Waals surface area contributed by atoms with Gasteiger partial charge in [-0.3, -0.25) is 9.79 Å². The molecule has 0 spiro atoms. The molecule has 1 amide bonds. The second kappa shape index (κ2) is 6.38. The number of nitrogens with zero attached hydrogens (tertiary/aromatic N) is 1. The number of ether oxygens (including phenoxy) is 1. The predicted molar refractivity (Wildman–Crippen MR) is 78.2 cm³/mol. The number of amides is 1. The van der Waals surface area contributed by atoms with Crippen molar-refractivity contribution in [3.8, 4) is 0 Å². The summed E-state index contributed by atoms with van der Waals surface area (Å²) in [5.41, 5.74) is 11.6. The van der Waals surface area contributed by atoms with Crippen LogP contribution in [0.1, 0.15) is 12.8 Å². The average molecular weight is 276 g/mol. The molecule has 1 fully saturated rings. The van der Waals surface area contributed by atoms with E-state index in [0.29, 0.717) is 26.1 Å². The zero-order valence-electron chi connectivity index (χ0n) is 11.3. The molecule has 1 aliphatic heterocycles. The summed E-state index contributed by atoms with van der Waals surface area (Å²) in [4.78, 5) is 15.9. The zero-order chi connectivity index (χ0) is 14.4. The lowest BCUT2D eigenvalue weighted by atomic mass is 9.79. The summed E-state index contributed by atoms with van der Waals surface area (Å²) in [5.74, 6) is -0.0552. The van der Waals surface area contributed by atoms with E-state index in [0.717, 1.165) is 5.69 Å². The number of hydrogen-bond acceptors (Lipinski definition) is 3. The highest BCUT2D eigenvalue weighted by Crippen LogP contribution is 2.30. The van der Waals surface area contributed by atoms with Crippen LogP contribution in [0.25, 0.3) is 0 Å². The molecule has 6 heteroatoms. The second-order valence-corrected chi connectivity index (χ2v) is 4.95. The predicted octanol–water partition coefficient (Wildman–Crippen LogP) is 0.695. The minimum atomic E-state index is -0.638. The van der Waals surface area contributed by atoms with Gasteiger partial charge in [-0.05, 0) is 25.0 Å². The number of primary amides is 1. The van der Waals surface area contributed by atoms with E-state index in [9.17, 15) is 4.79 Å². The van der Waals surface area contributed by atoms with Gasteiger partial charge in [0.2, 0.25) is 5.91 Å². The molecule has 0 aliphatic carbocycles. The van der Waals surface area contributed by atoms with E-state index in [1.54, 1.807) is 0 Å². The summed E-state index contributed by atoms with van der Waals surface area (Å²) >= 11 is 0. The number of rotatable bonds is 4. The van der Waals surface area contributed by atoms with E-state index in [1.807, 2.05) is 30.3 Å². The van der Waals surface area contributed by atoms with Gasteiger partial charge in [0, 0.05) is 18.9 Å². The molecule has 1 saturated heterocycles. The lowest BCUT2D eigenvalue weighted by Crippen LogP contribution is -2.44. The third-order valence-corrected chi connectivity index (χ3v) is 3.57. The van der Waals surface area contributed by atoms with Crippen molar-refractivity contribution in [2.45, 2.75) is 12.8 Å². The number of aliphatic imine (C=N–C) groups is 1. The highest BCUT2D eigenvalue weighted by Gasteiger charge is 2.38. The number of carbonyl (C=O) groups is 1. The largest absolute Gasteiger partial charge is 0.381 e. The maximum atomic E-state index is 11.7. The molecule has 0 radical (unpaired) electrons. The van der Waals surface area contributed by atoms with Gasteiger partial charge in [0.1, 0.15) is 0 Å². The molecule has 1 heterocycles. The van der Waals surface area contributed by atoms with Crippen molar-refractivity contribution in [1.82, 2.24) is 0 Å². The van der Waals surface area contributed by atoms with E-state index in [4.69, 9.17) is 16.2 Å². The van der Waals surface area contributed by atoms with Gasteiger partial charge in [-0.2, -0.15) is 0 Å². The van der Waals surface area contributed by atoms with Crippen molar-refractivity contribution in [2.24, 2.45) is 21.9 Å². The highest BCUT2D eigenvalue weighted by molar-refractivity contribution is 5.92. The van der Waals surface area contributed by atoms with Crippen molar-refractivity contribution in [2.75, 3.05) is 25.1 Å². The van der Waals surface area contributed by atoms with Crippen LogP contribution in [-0.2, 0) is 9.53 Å². The van der Waals surface area contributed by atoms with E-state index in [-0.39, 0.29) is 18.4 Å². The Kier molecular flexibility index (Phi) is 4.57. The van der Waals surface area contributed by atoms with Crippen molar-refractivity contribution >= 4 is 17.6 Å². The number of carbonyl (C=O) groups excluding carboxylic acids is 1. The van der Waals surface area contributed by atoms with Crippen molar-refractivity contribution in [1.29, 1.82) is 0 Å². The van der Waals surface area contributed by atoms with Gasteiger partial charge in [-0.25, -0.2) is 0 Å². The molecule has 20 heavy (non-hydrogen) atoms. The standard InChI is InChI=1S/C14H20N4O2/c15-12(19)14(6-8-20-9-7-14)10-17-13(16)18-11-4-2-1-3-5-11/h1-5H,6-10H2,(H2,15,19)(H3,16,17,18). The third kappa shape index (κ3) is 3.48. The molecule has 0 saturated carbocycles. The minimum absolute atomic E-state index is 0.281. The van der Waals surface area contributed by atoms with E-state index in [1.165, 1.54) is 0 Å². The fourth-order valence-electron chi connectivity index (χ4n) is 2.19. The summed E-state index contributed by atoms with van der Waals surface area (Å²) in [6.45, 7) is 1.35. The van der Waals surface area contributed by atoms with Crippen molar-refractivity contribution in [3.63, 3.8) is 0 Å². The fourth-order valence-corrected chi connectivity index (χ4v) is 2.19. The molecule has 5 N–H and O–H groups in total. The number of anilines is 1. The van der Waals surface area contributed by atoms with E-state index >= 15 is 0 Å². The Bertz CT molecular complexity index is 481. The van der Waals surface area contributed by atoms with Gasteiger partial charge in [0.25, 0.3) is 0 Å². The smallest absolute Gasteiger partial charge is 0.225 e. The van der Waals surface area contributed by atoms with Gasteiger partial charge in [-0.1, -0.05) is 18.2 Å². The molecule has 0 bridgehead atoms. The van der Waals surface area contributed by atoms with Gasteiger partial charge < -0.3 is 21.5 Å². The van der Waals surface area contributed by atoms with Crippen LogP contribution in [0.3, 0.4) is 0 Å². The Hall–Kier alpha value is -2.08. The maximum Gasteiger partial charge on any atom is 0.225 e. The maximum absolute atomic E-state index is 11.7. The topological polar surface area (TPSA) is 103 Å². The lowest BCUT2D eigenvalue weighted by Gasteiger charge is -2.32. The number of nitrogens with two attached hydrogens (primary N) is 2. The fraction of sp³-hybridized carbons (Fsp3) is 0.429. The minimum Gasteiger partial charge on any atom is -0.381 e. The molecule has 0 aromatic heterocycles. The average Bonchev–Trinajstić information content (AvgIpc) is 2.47. The Balaban J connectivity index is 2.00. The Morgan fingerprint density at radius 1 is 1.25 bits per heavy atom. The molecule has 0 atom stereocenters. The van der Waals surface area contributed by atoms with Crippen LogP contribution in [0, 0.1) is 5.41 Å². The molecular formula is C14H20N4O2. The summed E-state index contributed by atoms with van der Waals surface area (Å²) in [7, 11) is 0. The van der Waals surface area contributed by atoms with Crippen LogP contribution in [-0.4, -0.2) is 31.6 Å². The van der Waals surface area contributed by atoms with Gasteiger partial charge >= 0.3 is 0 Å². The van der Waals surface area contributed by atoms with Crippen molar-refractivity contribution in [3.05, 3.63) is 30.3 Å². The summed E-state index contributed by atoms with van der Waals surface area (Å²) in [6.07, 6.45) is 1.18. The van der Waals surface area contributed by atoms with Crippen molar-refractivity contribution < 1.29 is 9.53 Å². The monoisotopic (exact) mass is 276 g/mol. The van der Waals surface area contributed by atoms with Gasteiger partial charge in [0.05, 0.1) is 12.0 Å². The second-order valence-electron chi connectivity index (χ2n) is 4.95. The molecule has 1 aromatic carbocycles. The van der Waals surface area contributed by atoms with E-state index < -0.39 is 5.41 Å². The normalized spacial score (nSPS) is 18.5. The molecule has 1 aliphatic rings. The molecule has 6 nitrogen and oxygen atoms in total. The number of guanidine groups is 1. The SMILES string of the molecule is NC(=O)C1(CN=C(N)Nc2ccccc2)CCOCC1. The van der Waals surface area contributed by atoms with Crippen LogP contribution in [0.15, 0.2) is 35.3 Å². The molecule has 2 rings (SSSR count). The first-order chi connectivity index (χ1) is 9.62. The molecule has 0 unspecified atom stereocenters. The summed E-state index contributed by atoms with van der Waals surface area (Å²) < 4.78 is 5.27. The first kappa shape index (κ1) is 14.3. The number of para-hydroxylation sites is 1. The first-order valence-electron chi connectivity index (χ1n) is 6.62. The van der Waals surface area contributed by atoms with Gasteiger partial charge in [0.15, 0.2) is 5.96 Å². The number of nitrogens with one attached hydrogen (secondary N) is 1. The van der Waals surface area contributed by atoms with Crippen LogP contribution in [0.2, 0.25) is 0 Å². The summed E-state index contributed by atoms with van der Waals surface area (Å²) in [5, 5.41) is 2.98. The zero-order valence-corrected chi connectivity index (χ0v) is 11.3. The number of hydrogen-bond donors (Lipinski definition) is 3. The third-order valence-electron chi connectivity index (χ3n) is 3.57. The number of benzene rings is 1. The van der Waals surface area contributed by atoms with Crippen LogP contribution in [0.5, 0.6) is 0 Å². The summed E-state index contributed by atoms with van der Waals surface area (Å²) in [6, 6.07) is 9.50. The molecular weight excluding hydrogens is 256 g/mol. The lowest BCUT2D eigenvalue weighted by molar-refractivity contribution is -0.132. The highest BCUT2D eigenvalue weighted by atomic mass is 16.5. The molecule has 1 aromatic rings. The van der Waals surface area contributed by atoms with Gasteiger partial charge in [-0.15, -0.1) is 0 Å².